The summed E-state index contributed by atoms with van der Waals surface area (Å²) in [6.45, 7) is 2.87. The molecule has 1 N–H and O–H groups in total. The first-order chi connectivity index (χ1) is 13.1. The topological polar surface area (TPSA) is 76.6 Å². The van der Waals surface area contributed by atoms with Crippen molar-refractivity contribution in [3.05, 3.63) is 47.8 Å². The highest BCUT2D eigenvalue weighted by molar-refractivity contribution is 5.91. The molecule has 0 radical (unpaired) electrons. The number of anilines is 2. The summed E-state index contributed by atoms with van der Waals surface area (Å²) in [6.07, 6.45) is 1.66. The largest absolute Gasteiger partial charge is 0.355 e. The second-order valence-corrected chi connectivity index (χ2v) is 6.73. The van der Waals surface area contributed by atoms with Crippen molar-refractivity contribution in [2.75, 3.05) is 36.5 Å². The Morgan fingerprint density at radius 1 is 1.15 bits per heavy atom. The van der Waals surface area contributed by atoms with Gasteiger partial charge in [-0.3, -0.25) is 4.79 Å². The fourth-order valence-electron chi connectivity index (χ4n) is 3.44. The molecule has 1 aromatic heterocycles. The Hall–Kier alpha value is -2.58. The fraction of sp³-hybridized carbons (Fsp3) is 0.421. The molecule has 7 nitrogen and oxygen atoms in total. The molecule has 1 spiro atoms. The normalized spacial score (nSPS) is 18.6. The van der Waals surface area contributed by atoms with Crippen LogP contribution in [0, 0.1) is 5.82 Å². The molecule has 1 amide bonds. The molecule has 8 heteroatoms. The first-order valence-electron chi connectivity index (χ1n) is 9.03. The first kappa shape index (κ1) is 17.8. The predicted octanol–water partition coefficient (Wildman–Crippen LogP) is 2.14. The van der Waals surface area contributed by atoms with Crippen LogP contribution in [-0.4, -0.2) is 48.2 Å². The van der Waals surface area contributed by atoms with E-state index in [0.29, 0.717) is 24.6 Å². The lowest BCUT2D eigenvalue weighted by atomic mass is 10.0. The smallest absolute Gasteiger partial charge is 0.229 e. The standard InChI is InChI=1S/C19H21FN4O3/c20-15-3-1-2-14(12-15)13-18(25)21-16-4-5-17(23-22-16)24-8-6-19(7-9-24)26-10-11-27-19/h1-5,12H,6-11,13H2,(H,21,22,25). The van der Waals surface area contributed by atoms with Crippen LogP contribution < -0.4 is 10.2 Å². The highest BCUT2D eigenvalue weighted by atomic mass is 19.1. The number of carbonyl (C=O) groups is 1. The van der Waals surface area contributed by atoms with Crippen molar-refractivity contribution in [3.63, 3.8) is 0 Å². The minimum absolute atomic E-state index is 0.0788. The molecule has 0 atom stereocenters. The number of piperidine rings is 1. The van der Waals surface area contributed by atoms with Gasteiger partial charge in [-0.05, 0) is 29.8 Å². The van der Waals surface area contributed by atoms with Crippen LogP contribution in [0.5, 0.6) is 0 Å². The number of hydrogen-bond donors (Lipinski definition) is 1. The molecule has 2 aliphatic rings. The second kappa shape index (κ2) is 7.58. The number of aromatic nitrogens is 2. The molecule has 4 rings (SSSR count). The molecule has 2 aromatic rings. The van der Waals surface area contributed by atoms with Crippen molar-refractivity contribution in [1.82, 2.24) is 10.2 Å². The Labute approximate surface area is 156 Å². The molecule has 27 heavy (non-hydrogen) atoms. The number of carbonyl (C=O) groups excluding carboxylic acids is 1. The molecule has 3 heterocycles. The number of nitrogens with zero attached hydrogens (tertiary/aromatic N) is 3. The number of nitrogens with one attached hydrogen (secondary N) is 1. The highest BCUT2D eigenvalue weighted by Crippen LogP contribution is 2.32. The summed E-state index contributed by atoms with van der Waals surface area (Å²) in [5.41, 5.74) is 0.607. The zero-order valence-corrected chi connectivity index (χ0v) is 14.9. The van der Waals surface area contributed by atoms with E-state index in [1.165, 1.54) is 12.1 Å². The SMILES string of the molecule is O=C(Cc1cccc(F)c1)Nc1ccc(N2CCC3(CC2)OCCO3)nn1. The lowest BCUT2D eigenvalue weighted by molar-refractivity contribution is -0.169. The zero-order valence-electron chi connectivity index (χ0n) is 14.9. The minimum Gasteiger partial charge on any atom is -0.355 e. The number of ether oxygens (including phenoxy) is 2. The van der Waals surface area contributed by atoms with Crippen LogP contribution in [0.1, 0.15) is 18.4 Å². The minimum atomic E-state index is -0.422. The Balaban J connectivity index is 1.32. The van der Waals surface area contributed by atoms with Gasteiger partial charge in [0.15, 0.2) is 17.4 Å². The third kappa shape index (κ3) is 4.23. The van der Waals surface area contributed by atoms with Crippen LogP contribution in [0.2, 0.25) is 0 Å². The summed E-state index contributed by atoms with van der Waals surface area (Å²) in [5.74, 6) is 0.0794. The summed E-state index contributed by atoms with van der Waals surface area (Å²) in [5, 5.41) is 11.0. The van der Waals surface area contributed by atoms with E-state index < -0.39 is 5.79 Å². The van der Waals surface area contributed by atoms with Crippen molar-refractivity contribution < 1.29 is 18.7 Å². The van der Waals surface area contributed by atoms with Crippen molar-refractivity contribution in [2.24, 2.45) is 0 Å². The average Bonchev–Trinajstić information content (AvgIpc) is 3.11. The van der Waals surface area contributed by atoms with Crippen LogP contribution in [0.3, 0.4) is 0 Å². The Kier molecular flexibility index (Phi) is 5.00. The van der Waals surface area contributed by atoms with E-state index in [-0.39, 0.29) is 18.1 Å². The quantitative estimate of drug-likeness (QED) is 0.886. The van der Waals surface area contributed by atoms with Crippen LogP contribution in [-0.2, 0) is 20.7 Å². The monoisotopic (exact) mass is 372 g/mol. The summed E-state index contributed by atoms with van der Waals surface area (Å²) < 4.78 is 24.6. The van der Waals surface area contributed by atoms with Gasteiger partial charge in [-0.15, -0.1) is 10.2 Å². The third-order valence-corrected chi connectivity index (χ3v) is 4.83. The molecule has 0 bridgehead atoms. The maximum atomic E-state index is 13.2. The van der Waals surface area contributed by atoms with Gasteiger partial charge in [0.25, 0.3) is 0 Å². The summed E-state index contributed by atoms with van der Waals surface area (Å²) in [7, 11) is 0. The molecule has 1 aromatic carbocycles. The molecular formula is C19H21FN4O3. The number of benzene rings is 1. The molecule has 142 valence electrons. The zero-order chi connectivity index (χ0) is 18.7. The van der Waals surface area contributed by atoms with Crippen molar-refractivity contribution in [2.45, 2.75) is 25.0 Å². The van der Waals surface area contributed by atoms with E-state index in [0.717, 1.165) is 31.7 Å². The molecular weight excluding hydrogens is 351 g/mol. The summed E-state index contributed by atoms with van der Waals surface area (Å²) in [4.78, 5) is 14.2. The van der Waals surface area contributed by atoms with E-state index in [2.05, 4.69) is 20.4 Å². The van der Waals surface area contributed by atoms with Crippen LogP contribution in [0.4, 0.5) is 16.0 Å². The number of amides is 1. The lowest BCUT2D eigenvalue weighted by Crippen LogP contribution is -2.45. The number of hydrogen-bond acceptors (Lipinski definition) is 6. The van der Waals surface area contributed by atoms with Crippen LogP contribution >= 0.6 is 0 Å². The van der Waals surface area contributed by atoms with Crippen molar-refractivity contribution in [1.29, 1.82) is 0 Å². The van der Waals surface area contributed by atoms with E-state index >= 15 is 0 Å². The number of halogens is 1. The third-order valence-electron chi connectivity index (χ3n) is 4.83. The summed E-state index contributed by atoms with van der Waals surface area (Å²) >= 11 is 0. The molecule has 2 fully saturated rings. The van der Waals surface area contributed by atoms with Gasteiger partial charge in [0.1, 0.15) is 5.82 Å². The molecule has 0 saturated carbocycles. The average molecular weight is 372 g/mol. The fourth-order valence-corrected chi connectivity index (χ4v) is 3.44. The van der Waals surface area contributed by atoms with E-state index in [1.807, 2.05) is 6.07 Å². The van der Waals surface area contributed by atoms with Gasteiger partial charge in [-0.2, -0.15) is 0 Å². The van der Waals surface area contributed by atoms with Gasteiger partial charge in [-0.1, -0.05) is 12.1 Å². The van der Waals surface area contributed by atoms with E-state index in [9.17, 15) is 9.18 Å². The van der Waals surface area contributed by atoms with Crippen LogP contribution in [0.25, 0.3) is 0 Å². The van der Waals surface area contributed by atoms with Gasteiger partial charge < -0.3 is 19.7 Å². The molecule has 0 unspecified atom stereocenters. The van der Waals surface area contributed by atoms with E-state index in [1.54, 1.807) is 18.2 Å². The highest BCUT2D eigenvalue weighted by Gasteiger charge is 2.40. The van der Waals surface area contributed by atoms with Crippen LogP contribution in [0.15, 0.2) is 36.4 Å². The second-order valence-electron chi connectivity index (χ2n) is 6.73. The van der Waals surface area contributed by atoms with Gasteiger partial charge in [0.05, 0.1) is 19.6 Å². The number of rotatable bonds is 4. The molecule has 2 saturated heterocycles. The van der Waals surface area contributed by atoms with Gasteiger partial charge in [-0.25, -0.2) is 4.39 Å². The lowest BCUT2D eigenvalue weighted by Gasteiger charge is -2.37. The Morgan fingerprint density at radius 2 is 1.93 bits per heavy atom. The molecule has 2 aliphatic heterocycles. The Bertz CT molecular complexity index is 799. The van der Waals surface area contributed by atoms with Crippen molar-refractivity contribution in [3.8, 4) is 0 Å². The van der Waals surface area contributed by atoms with Gasteiger partial charge in [0.2, 0.25) is 5.91 Å². The Morgan fingerprint density at radius 3 is 2.59 bits per heavy atom. The maximum Gasteiger partial charge on any atom is 0.229 e. The van der Waals surface area contributed by atoms with Gasteiger partial charge in [0, 0.05) is 25.9 Å². The predicted molar refractivity (Wildman–Crippen MR) is 96.8 cm³/mol. The summed E-state index contributed by atoms with van der Waals surface area (Å²) in [6, 6.07) is 9.53. The van der Waals surface area contributed by atoms with E-state index in [4.69, 9.17) is 9.47 Å². The van der Waals surface area contributed by atoms with Gasteiger partial charge >= 0.3 is 0 Å². The van der Waals surface area contributed by atoms with Crippen molar-refractivity contribution >= 4 is 17.5 Å². The maximum absolute atomic E-state index is 13.2. The first-order valence-corrected chi connectivity index (χ1v) is 9.03. The molecule has 0 aliphatic carbocycles.